The van der Waals surface area contributed by atoms with Crippen molar-refractivity contribution in [1.29, 1.82) is 0 Å². The second-order valence-corrected chi connectivity index (χ2v) is 6.93. The lowest BCUT2D eigenvalue weighted by Crippen LogP contribution is -2.51. The fraction of sp³-hybridized carbons (Fsp3) is 0.300. The molecule has 9 heteroatoms. The first kappa shape index (κ1) is 21.0. The van der Waals surface area contributed by atoms with Crippen LogP contribution in [0, 0.1) is 0 Å². The zero-order chi connectivity index (χ0) is 21.0. The van der Waals surface area contributed by atoms with E-state index in [2.05, 4.69) is 0 Å². The number of piperazine rings is 1. The molecule has 0 aromatic heterocycles. The summed E-state index contributed by atoms with van der Waals surface area (Å²) in [7, 11) is 0. The van der Waals surface area contributed by atoms with Crippen molar-refractivity contribution in [1.82, 2.24) is 9.80 Å². The Labute approximate surface area is 170 Å². The number of hydrogen-bond acceptors (Lipinski definition) is 3. The molecule has 29 heavy (non-hydrogen) atoms. The van der Waals surface area contributed by atoms with Gasteiger partial charge in [0.05, 0.1) is 5.56 Å². The van der Waals surface area contributed by atoms with Gasteiger partial charge in [-0.2, -0.15) is 13.2 Å². The predicted octanol–water partition coefficient (Wildman–Crippen LogP) is 3.72. The van der Waals surface area contributed by atoms with Crippen LogP contribution in [0.25, 0.3) is 0 Å². The van der Waals surface area contributed by atoms with Crippen molar-refractivity contribution in [3.8, 4) is 5.75 Å². The van der Waals surface area contributed by atoms with Gasteiger partial charge in [-0.15, -0.1) is 0 Å². The molecule has 0 aliphatic carbocycles. The molecule has 1 aliphatic heterocycles. The van der Waals surface area contributed by atoms with E-state index in [1.807, 2.05) is 0 Å². The van der Waals surface area contributed by atoms with Gasteiger partial charge in [-0.1, -0.05) is 11.6 Å². The van der Waals surface area contributed by atoms with Crippen LogP contribution in [0.5, 0.6) is 5.75 Å². The SMILES string of the molecule is O=C(COc1ccc(C(F)(F)F)cc1)N1CCN(C(=O)c2ccc(Cl)cc2)CC1. The third-order valence-corrected chi connectivity index (χ3v) is 4.81. The number of amides is 2. The quantitative estimate of drug-likeness (QED) is 0.748. The van der Waals surface area contributed by atoms with E-state index in [4.69, 9.17) is 16.3 Å². The fourth-order valence-electron chi connectivity index (χ4n) is 2.91. The van der Waals surface area contributed by atoms with Gasteiger partial charge in [0.2, 0.25) is 0 Å². The van der Waals surface area contributed by atoms with Crippen molar-refractivity contribution < 1.29 is 27.5 Å². The Kier molecular flexibility index (Phi) is 6.32. The molecular formula is C20H18ClF3N2O3. The van der Waals surface area contributed by atoms with Crippen LogP contribution in [-0.2, 0) is 11.0 Å². The summed E-state index contributed by atoms with van der Waals surface area (Å²) >= 11 is 5.83. The van der Waals surface area contributed by atoms with Gasteiger partial charge in [-0.05, 0) is 48.5 Å². The van der Waals surface area contributed by atoms with Crippen LogP contribution in [0.1, 0.15) is 15.9 Å². The van der Waals surface area contributed by atoms with Crippen molar-refractivity contribution in [3.05, 3.63) is 64.7 Å². The Morgan fingerprint density at radius 2 is 1.45 bits per heavy atom. The van der Waals surface area contributed by atoms with Crippen LogP contribution in [-0.4, -0.2) is 54.4 Å². The number of hydrogen-bond donors (Lipinski definition) is 0. The van der Waals surface area contributed by atoms with Crippen LogP contribution in [0.2, 0.25) is 5.02 Å². The Bertz CT molecular complexity index is 862. The largest absolute Gasteiger partial charge is 0.484 e. The second-order valence-electron chi connectivity index (χ2n) is 6.49. The van der Waals surface area contributed by atoms with Crippen LogP contribution in [0.3, 0.4) is 0 Å². The van der Waals surface area contributed by atoms with E-state index in [0.29, 0.717) is 36.8 Å². The molecule has 0 bridgehead atoms. The zero-order valence-electron chi connectivity index (χ0n) is 15.3. The summed E-state index contributed by atoms with van der Waals surface area (Å²) in [5, 5.41) is 0.546. The number of ether oxygens (including phenoxy) is 1. The lowest BCUT2D eigenvalue weighted by Gasteiger charge is -2.34. The Morgan fingerprint density at radius 1 is 0.897 bits per heavy atom. The first-order valence-electron chi connectivity index (χ1n) is 8.87. The van der Waals surface area contributed by atoms with E-state index in [0.717, 1.165) is 12.1 Å². The molecule has 0 radical (unpaired) electrons. The van der Waals surface area contributed by atoms with Crippen molar-refractivity contribution >= 4 is 23.4 Å². The molecule has 1 aliphatic rings. The highest BCUT2D eigenvalue weighted by Gasteiger charge is 2.30. The summed E-state index contributed by atoms with van der Waals surface area (Å²) in [5.74, 6) is -0.235. The van der Waals surface area contributed by atoms with Gasteiger partial charge < -0.3 is 14.5 Å². The third-order valence-electron chi connectivity index (χ3n) is 4.55. The summed E-state index contributed by atoms with van der Waals surface area (Å²) in [6, 6.07) is 10.8. The van der Waals surface area contributed by atoms with Gasteiger partial charge in [-0.25, -0.2) is 0 Å². The van der Waals surface area contributed by atoms with E-state index >= 15 is 0 Å². The lowest BCUT2D eigenvalue weighted by molar-refractivity contribution is -0.138. The second kappa shape index (κ2) is 8.73. The average Bonchev–Trinajstić information content (AvgIpc) is 2.72. The number of carbonyl (C=O) groups is 2. The molecule has 1 heterocycles. The minimum atomic E-state index is -4.42. The molecule has 0 spiro atoms. The van der Waals surface area contributed by atoms with Crippen LogP contribution < -0.4 is 4.74 Å². The van der Waals surface area contributed by atoms with Gasteiger partial charge >= 0.3 is 6.18 Å². The molecule has 154 valence electrons. The van der Waals surface area contributed by atoms with Gasteiger partial charge in [0.15, 0.2) is 6.61 Å². The summed E-state index contributed by atoms with van der Waals surface area (Å²) in [5.41, 5.74) is -0.252. The predicted molar refractivity (Wildman–Crippen MR) is 101 cm³/mol. The van der Waals surface area contributed by atoms with Crippen molar-refractivity contribution in [2.24, 2.45) is 0 Å². The number of benzene rings is 2. The highest BCUT2D eigenvalue weighted by atomic mass is 35.5. The number of halogens is 4. The number of rotatable bonds is 4. The molecule has 2 aromatic carbocycles. The summed E-state index contributed by atoms with van der Waals surface area (Å²) in [6.45, 7) is 1.19. The van der Waals surface area contributed by atoms with Gasteiger partial charge in [0, 0.05) is 36.8 Å². The molecule has 0 saturated carbocycles. The monoisotopic (exact) mass is 426 g/mol. The van der Waals surface area contributed by atoms with Crippen LogP contribution in [0.4, 0.5) is 13.2 Å². The molecule has 0 atom stereocenters. The molecule has 5 nitrogen and oxygen atoms in total. The number of carbonyl (C=O) groups excluding carboxylic acids is 2. The molecule has 3 rings (SSSR count). The zero-order valence-corrected chi connectivity index (χ0v) is 16.0. The van der Waals surface area contributed by atoms with Crippen molar-refractivity contribution in [3.63, 3.8) is 0 Å². The normalized spacial score (nSPS) is 14.6. The first-order valence-corrected chi connectivity index (χ1v) is 9.24. The van der Waals surface area contributed by atoms with E-state index in [1.54, 1.807) is 34.1 Å². The number of nitrogens with zero attached hydrogens (tertiary/aromatic N) is 2. The maximum atomic E-state index is 12.6. The Balaban J connectivity index is 1.47. The maximum Gasteiger partial charge on any atom is 0.416 e. The fourth-order valence-corrected chi connectivity index (χ4v) is 3.04. The molecule has 2 aromatic rings. The van der Waals surface area contributed by atoms with Gasteiger partial charge in [0.1, 0.15) is 5.75 Å². The lowest BCUT2D eigenvalue weighted by atomic mass is 10.2. The van der Waals surface area contributed by atoms with E-state index in [-0.39, 0.29) is 24.2 Å². The highest BCUT2D eigenvalue weighted by molar-refractivity contribution is 6.30. The third kappa shape index (κ3) is 5.41. The topological polar surface area (TPSA) is 49.9 Å². The summed E-state index contributed by atoms with van der Waals surface area (Å²) in [6.07, 6.45) is -4.42. The molecule has 0 unspecified atom stereocenters. The molecule has 0 N–H and O–H groups in total. The minimum absolute atomic E-state index is 0.130. The summed E-state index contributed by atoms with van der Waals surface area (Å²) < 4.78 is 43.0. The van der Waals surface area contributed by atoms with Gasteiger partial charge in [0.25, 0.3) is 11.8 Å². The minimum Gasteiger partial charge on any atom is -0.484 e. The van der Waals surface area contributed by atoms with E-state index in [9.17, 15) is 22.8 Å². The van der Waals surface area contributed by atoms with Crippen LogP contribution in [0.15, 0.2) is 48.5 Å². The molecule has 1 fully saturated rings. The number of alkyl halides is 3. The molecule has 1 saturated heterocycles. The smallest absolute Gasteiger partial charge is 0.416 e. The summed E-state index contributed by atoms with van der Waals surface area (Å²) in [4.78, 5) is 28.0. The maximum absolute atomic E-state index is 12.6. The van der Waals surface area contributed by atoms with E-state index in [1.165, 1.54) is 12.1 Å². The standard InChI is InChI=1S/C20H18ClF3N2O3/c21-16-5-1-14(2-6-16)19(28)26-11-9-25(10-12-26)18(27)13-29-17-7-3-15(4-8-17)20(22,23)24/h1-8H,9-13H2. The van der Waals surface area contributed by atoms with Crippen LogP contribution >= 0.6 is 11.6 Å². The highest BCUT2D eigenvalue weighted by Crippen LogP contribution is 2.30. The van der Waals surface area contributed by atoms with Crippen molar-refractivity contribution in [2.75, 3.05) is 32.8 Å². The Hall–Kier alpha value is -2.74. The van der Waals surface area contributed by atoms with Crippen molar-refractivity contribution in [2.45, 2.75) is 6.18 Å². The molecule has 2 amide bonds. The Morgan fingerprint density at radius 3 is 2.00 bits per heavy atom. The molecular weight excluding hydrogens is 409 g/mol. The van der Waals surface area contributed by atoms with E-state index < -0.39 is 11.7 Å². The van der Waals surface area contributed by atoms with Gasteiger partial charge in [-0.3, -0.25) is 9.59 Å². The average molecular weight is 427 g/mol. The first-order chi connectivity index (χ1) is 13.7.